The molecule has 27 heavy (non-hydrogen) atoms. The van der Waals surface area contributed by atoms with Gasteiger partial charge in [-0.1, -0.05) is 39.7 Å². The fourth-order valence-corrected chi connectivity index (χ4v) is 4.72. The third-order valence-electron chi connectivity index (χ3n) is 5.59. The lowest BCUT2D eigenvalue weighted by Gasteiger charge is -2.29. The molecule has 4 nitrogen and oxygen atoms in total. The third-order valence-corrected chi connectivity index (χ3v) is 6.32. The van der Waals surface area contributed by atoms with Gasteiger partial charge >= 0.3 is 0 Å². The topological polar surface area (TPSA) is 49.4 Å². The lowest BCUT2D eigenvalue weighted by atomic mass is 9.99. The first-order chi connectivity index (χ1) is 12.9. The van der Waals surface area contributed by atoms with Crippen molar-refractivity contribution in [2.24, 2.45) is 0 Å². The second-order valence-corrected chi connectivity index (χ2v) is 8.79. The fraction of sp³-hybridized carbons (Fsp3) is 0.333. The Morgan fingerprint density at radius 2 is 2.11 bits per heavy atom. The summed E-state index contributed by atoms with van der Waals surface area (Å²) in [6, 6.07) is 13.1. The molecule has 1 aliphatic carbocycles. The lowest BCUT2D eigenvalue weighted by molar-refractivity contribution is -0.134. The highest BCUT2D eigenvalue weighted by Gasteiger charge is 2.47. The molecule has 2 aliphatic rings. The van der Waals surface area contributed by atoms with Gasteiger partial charge in [0, 0.05) is 21.6 Å². The lowest BCUT2D eigenvalue weighted by Crippen LogP contribution is -2.52. The minimum atomic E-state index is -0.880. The Morgan fingerprint density at radius 1 is 1.30 bits per heavy atom. The van der Waals surface area contributed by atoms with E-state index >= 15 is 0 Å². The molecule has 2 aromatic rings. The zero-order chi connectivity index (χ0) is 19.2. The van der Waals surface area contributed by atoms with Gasteiger partial charge in [-0.25, -0.2) is 0 Å². The van der Waals surface area contributed by atoms with E-state index in [4.69, 9.17) is 11.6 Å². The summed E-state index contributed by atoms with van der Waals surface area (Å²) in [5, 5.41) is 3.69. The van der Waals surface area contributed by atoms with E-state index in [9.17, 15) is 9.59 Å². The molecule has 0 bridgehead atoms. The van der Waals surface area contributed by atoms with Gasteiger partial charge in [-0.2, -0.15) is 0 Å². The van der Waals surface area contributed by atoms with Crippen LogP contribution in [-0.4, -0.2) is 28.8 Å². The number of benzene rings is 2. The number of nitrogens with one attached hydrogen (secondary N) is 1. The molecule has 1 heterocycles. The van der Waals surface area contributed by atoms with Gasteiger partial charge in [0.25, 0.3) is 5.91 Å². The summed E-state index contributed by atoms with van der Waals surface area (Å²) in [5.41, 5.74) is 2.05. The van der Waals surface area contributed by atoms with Crippen LogP contribution in [0.5, 0.6) is 0 Å². The molecule has 2 atom stereocenters. The number of hydrogen-bond acceptors (Lipinski definition) is 2. The van der Waals surface area contributed by atoms with Crippen molar-refractivity contribution in [1.82, 2.24) is 10.2 Å². The van der Waals surface area contributed by atoms with E-state index in [1.807, 2.05) is 42.2 Å². The Kier molecular flexibility index (Phi) is 4.77. The van der Waals surface area contributed by atoms with Crippen LogP contribution >= 0.6 is 27.5 Å². The number of aryl methyl sites for hydroxylation is 1. The van der Waals surface area contributed by atoms with Gasteiger partial charge in [0.1, 0.15) is 5.54 Å². The van der Waals surface area contributed by atoms with Crippen LogP contribution in [-0.2, 0) is 11.2 Å². The first-order valence-corrected chi connectivity index (χ1v) is 10.2. The Bertz CT molecular complexity index is 932. The highest BCUT2D eigenvalue weighted by atomic mass is 79.9. The van der Waals surface area contributed by atoms with Crippen molar-refractivity contribution in [3.63, 3.8) is 0 Å². The normalized spacial score (nSPS) is 24.2. The second kappa shape index (κ2) is 6.95. The molecule has 0 spiro atoms. The third kappa shape index (κ3) is 3.39. The molecule has 1 N–H and O–H groups in total. The molecule has 1 saturated heterocycles. The zero-order valence-corrected chi connectivity index (χ0v) is 17.3. The van der Waals surface area contributed by atoms with Crippen molar-refractivity contribution in [3.05, 3.63) is 68.7 Å². The van der Waals surface area contributed by atoms with Crippen LogP contribution in [0.4, 0.5) is 0 Å². The van der Waals surface area contributed by atoms with Crippen molar-refractivity contribution < 1.29 is 9.59 Å². The molecular formula is C21H20BrClN2O2. The largest absolute Gasteiger partial charge is 0.338 e. The Balaban J connectivity index is 1.53. The van der Waals surface area contributed by atoms with Crippen molar-refractivity contribution in [3.8, 4) is 0 Å². The number of nitrogens with zero attached hydrogens (tertiary/aromatic N) is 1. The molecule has 2 aromatic carbocycles. The van der Waals surface area contributed by atoms with Gasteiger partial charge in [0.2, 0.25) is 5.91 Å². The van der Waals surface area contributed by atoms with Crippen LogP contribution in [0.2, 0.25) is 5.02 Å². The molecule has 2 unspecified atom stereocenters. The average molecular weight is 448 g/mol. The molecule has 2 amide bonds. The summed E-state index contributed by atoms with van der Waals surface area (Å²) >= 11 is 9.48. The van der Waals surface area contributed by atoms with Gasteiger partial charge in [0.05, 0.1) is 6.04 Å². The van der Waals surface area contributed by atoms with E-state index in [-0.39, 0.29) is 17.9 Å². The molecule has 6 heteroatoms. The number of rotatable bonds is 3. The van der Waals surface area contributed by atoms with Crippen molar-refractivity contribution in [2.75, 3.05) is 6.54 Å². The maximum atomic E-state index is 13.2. The monoisotopic (exact) mass is 446 g/mol. The second-order valence-electron chi connectivity index (χ2n) is 7.44. The number of carbonyl (C=O) groups is 2. The van der Waals surface area contributed by atoms with Crippen LogP contribution in [0, 0.1) is 0 Å². The van der Waals surface area contributed by atoms with E-state index < -0.39 is 5.54 Å². The summed E-state index contributed by atoms with van der Waals surface area (Å²) in [6.07, 6.45) is 2.42. The highest BCUT2D eigenvalue weighted by Crippen LogP contribution is 2.40. The average Bonchev–Trinajstić information content (AvgIpc) is 3.16. The predicted octanol–water partition coefficient (Wildman–Crippen LogP) is 4.51. The van der Waals surface area contributed by atoms with E-state index in [0.29, 0.717) is 18.5 Å². The number of hydrogen-bond donors (Lipinski definition) is 1. The van der Waals surface area contributed by atoms with Crippen LogP contribution in [0.15, 0.2) is 46.9 Å². The summed E-state index contributed by atoms with van der Waals surface area (Å²) in [4.78, 5) is 27.8. The maximum absolute atomic E-state index is 13.2. The Morgan fingerprint density at radius 3 is 2.89 bits per heavy atom. The summed E-state index contributed by atoms with van der Waals surface area (Å²) in [5.74, 6) is -0.244. The van der Waals surface area contributed by atoms with Gasteiger partial charge in [0.15, 0.2) is 0 Å². The number of likely N-dealkylation sites (tertiary alicyclic amines) is 1. The molecule has 0 radical (unpaired) electrons. The SMILES string of the molecule is CC1(NC(=O)c2cccc(Br)c2)CCN(C2CCc3cc(Cl)ccc32)C1=O. The quantitative estimate of drug-likeness (QED) is 0.752. The van der Waals surface area contributed by atoms with Gasteiger partial charge in [-0.3, -0.25) is 9.59 Å². The predicted molar refractivity (Wildman–Crippen MR) is 109 cm³/mol. The Labute approximate surface area is 172 Å². The summed E-state index contributed by atoms with van der Waals surface area (Å²) in [7, 11) is 0. The fourth-order valence-electron chi connectivity index (χ4n) is 4.12. The van der Waals surface area contributed by atoms with Crippen molar-refractivity contribution in [2.45, 2.75) is 37.8 Å². The summed E-state index contributed by atoms with van der Waals surface area (Å²) in [6.45, 7) is 2.46. The first-order valence-electron chi connectivity index (χ1n) is 9.05. The number of halogens is 2. The molecule has 0 saturated carbocycles. The van der Waals surface area contributed by atoms with Gasteiger partial charge in [-0.05, 0) is 67.6 Å². The van der Waals surface area contributed by atoms with E-state index in [1.165, 1.54) is 11.1 Å². The maximum Gasteiger partial charge on any atom is 0.252 e. The van der Waals surface area contributed by atoms with Crippen molar-refractivity contribution in [1.29, 1.82) is 0 Å². The molecule has 0 aromatic heterocycles. The minimum Gasteiger partial charge on any atom is -0.338 e. The number of amides is 2. The Hall–Kier alpha value is -1.85. The first kappa shape index (κ1) is 18.5. The van der Waals surface area contributed by atoms with Crippen molar-refractivity contribution >= 4 is 39.3 Å². The number of carbonyl (C=O) groups excluding carboxylic acids is 2. The molecule has 140 valence electrons. The van der Waals surface area contributed by atoms with Gasteiger partial charge in [-0.15, -0.1) is 0 Å². The van der Waals surface area contributed by atoms with Crippen LogP contribution in [0.3, 0.4) is 0 Å². The number of fused-ring (bicyclic) bond motifs is 1. The van der Waals surface area contributed by atoms with E-state index in [1.54, 1.807) is 12.1 Å². The zero-order valence-electron chi connectivity index (χ0n) is 15.0. The molecule has 1 aliphatic heterocycles. The van der Waals surface area contributed by atoms with Gasteiger partial charge < -0.3 is 10.2 Å². The van der Waals surface area contributed by atoms with E-state index in [2.05, 4.69) is 21.2 Å². The minimum absolute atomic E-state index is 0.0151. The van der Waals surface area contributed by atoms with Crippen LogP contribution in [0.25, 0.3) is 0 Å². The summed E-state index contributed by atoms with van der Waals surface area (Å²) < 4.78 is 0.834. The molecular weight excluding hydrogens is 428 g/mol. The standard InChI is InChI=1S/C21H20BrClN2O2/c1-21(24-19(26)14-3-2-4-15(22)11-14)9-10-25(20(21)27)18-8-5-13-12-16(23)6-7-17(13)18/h2-4,6-7,11-12,18H,5,8-10H2,1H3,(H,24,26). The molecule has 1 fully saturated rings. The van der Waals surface area contributed by atoms with Crippen LogP contribution < -0.4 is 5.32 Å². The van der Waals surface area contributed by atoms with Crippen LogP contribution in [0.1, 0.15) is 47.3 Å². The molecule has 4 rings (SSSR count). The smallest absolute Gasteiger partial charge is 0.252 e. The van der Waals surface area contributed by atoms with E-state index in [0.717, 1.165) is 22.3 Å². The highest BCUT2D eigenvalue weighted by molar-refractivity contribution is 9.10.